The van der Waals surface area contributed by atoms with Gasteiger partial charge in [-0.3, -0.25) is 4.79 Å². The largest absolute Gasteiger partial charge is 0.439 e. The Morgan fingerprint density at radius 3 is 2.47 bits per heavy atom. The standard InChI is InChI=1S/C22H21N5O2S/c1-13-14(2)26-27(15(13)3)20-12-21(24-16(4)23-20)29-18-9-7-17(8-10-18)25-22(28)19-6-5-11-30-19/h5-12H,1-4H3,(H,25,28). The van der Waals surface area contributed by atoms with Gasteiger partial charge in [0.05, 0.1) is 10.6 Å². The maximum absolute atomic E-state index is 12.2. The van der Waals surface area contributed by atoms with Gasteiger partial charge >= 0.3 is 0 Å². The van der Waals surface area contributed by atoms with Gasteiger partial charge in [0.15, 0.2) is 5.82 Å². The summed E-state index contributed by atoms with van der Waals surface area (Å²) < 4.78 is 7.73. The molecule has 1 N–H and O–H groups in total. The summed E-state index contributed by atoms with van der Waals surface area (Å²) in [4.78, 5) is 21.7. The monoisotopic (exact) mass is 419 g/mol. The maximum atomic E-state index is 12.2. The normalized spacial score (nSPS) is 10.8. The van der Waals surface area contributed by atoms with E-state index >= 15 is 0 Å². The summed E-state index contributed by atoms with van der Waals surface area (Å²) in [5.41, 5.74) is 3.82. The van der Waals surface area contributed by atoms with Crippen LogP contribution in [0, 0.1) is 27.7 Å². The molecule has 1 amide bonds. The van der Waals surface area contributed by atoms with Gasteiger partial charge in [0, 0.05) is 17.4 Å². The molecule has 0 spiro atoms. The van der Waals surface area contributed by atoms with Crippen molar-refractivity contribution in [3.63, 3.8) is 0 Å². The van der Waals surface area contributed by atoms with Gasteiger partial charge in [-0.2, -0.15) is 10.1 Å². The van der Waals surface area contributed by atoms with E-state index in [1.54, 1.807) is 41.1 Å². The third kappa shape index (κ3) is 4.08. The second-order valence-corrected chi connectivity index (χ2v) is 7.82. The summed E-state index contributed by atoms with van der Waals surface area (Å²) in [5.74, 6) is 2.16. The number of thiophene rings is 1. The Bertz CT molecular complexity index is 1200. The summed E-state index contributed by atoms with van der Waals surface area (Å²) in [6.45, 7) is 7.84. The summed E-state index contributed by atoms with van der Waals surface area (Å²) in [6.07, 6.45) is 0. The summed E-state index contributed by atoms with van der Waals surface area (Å²) in [5, 5.41) is 9.30. The first-order valence-corrected chi connectivity index (χ1v) is 10.3. The lowest BCUT2D eigenvalue weighted by atomic mass is 10.2. The lowest BCUT2D eigenvalue weighted by Gasteiger charge is -2.10. The minimum atomic E-state index is -0.130. The molecule has 3 heterocycles. The van der Waals surface area contributed by atoms with Crippen LogP contribution in [0.15, 0.2) is 47.8 Å². The SMILES string of the molecule is Cc1nc(Oc2ccc(NC(=O)c3cccs3)cc2)cc(-n2nc(C)c(C)c2C)n1. The first-order valence-electron chi connectivity index (χ1n) is 9.42. The van der Waals surface area contributed by atoms with Crippen molar-refractivity contribution in [2.75, 3.05) is 5.32 Å². The van der Waals surface area contributed by atoms with Crippen LogP contribution in [-0.2, 0) is 0 Å². The van der Waals surface area contributed by atoms with Gasteiger partial charge in [0.1, 0.15) is 11.6 Å². The number of amides is 1. The lowest BCUT2D eigenvalue weighted by molar-refractivity contribution is 0.103. The van der Waals surface area contributed by atoms with Crippen molar-refractivity contribution in [1.29, 1.82) is 0 Å². The molecule has 0 aliphatic heterocycles. The first kappa shape index (κ1) is 19.8. The number of benzene rings is 1. The summed E-state index contributed by atoms with van der Waals surface area (Å²) >= 11 is 1.40. The van der Waals surface area contributed by atoms with E-state index in [2.05, 4.69) is 20.4 Å². The van der Waals surface area contributed by atoms with E-state index in [-0.39, 0.29) is 5.91 Å². The van der Waals surface area contributed by atoms with Crippen LogP contribution in [0.25, 0.3) is 5.82 Å². The van der Waals surface area contributed by atoms with Crippen molar-refractivity contribution in [2.24, 2.45) is 0 Å². The van der Waals surface area contributed by atoms with Crippen molar-refractivity contribution in [1.82, 2.24) is 19.7 Å². The van der Waals surface area contributed by atoms with Gasteiger partial charge in [-0.25, -0.2) is 9.67 Å². The Hall–Kier alpha value is -3.52. The molecule has 0 atom stereocenters. The molecule has 4 aromatic rings. The van der Waals surface area contributed by atoms with Gasteiger partial charge in [-0.1, -0.05) is 6.07 Å². The van der Waals surface area contributed by atoms with Crippen LogP contribution >= 0.6 is 11.3 Å². The third-order valence-electron chi connectivity index (χ3n) is 4.75. The van der Waals surface area contributed by atoms with E-state index in [1.165, 1.54) is 11.3 Å². The van der Waals surface area contributed by atoms with E-state index in [0.29, 0.717) is 33.8 Å². The van der Waals surface area contributed by atoms with Gasteiger partial charge in [0.2, 0.25) is 5.88 Å². The van der Waals surface area contributed by atoms with Gasteiger partial charge in [-0.05, 0) is 69.0 Å². The second-order valence-electron chi connectivity index (χ2n) is 6.88. The molecule has 0 aliphatic carbocycles. The Kier molecular flexibility index (Phi) is 5.33. The number of ether oxygens (including phenoxy) is 1. The molecular formula is C22H21N5O2S. The molecule has 8 heteroatoms. The van der Waals surface area contributed by atoms with Gasteiger partial charge in [0.25, 0.3) is 5.91 Å². The molecule has 3 aromatic heterocycles. The van der Waals surface area contributed by atoms with E-state index in [1.807, 2.05) is 39.1 Å². The maximum Gasteiger partial charge on any atom is 0.265 e. The number of nitrogens with one attached hydrogen (secondary N) is 1. The molecule has 0 aliphatic rings. The van der Waals surface area contributed by atoms with Crippen LogP contribution in [0.1, 0.15) is 32.4 Å². The highest BCUT2D eigenvalue weighted by atomic mass is 32.1. The van der Waals surface area contributed by atoms with E-state index < -0.39 is 0 Å². The third-order valence-corrected chi connectivity index (χ3v) is 5.62. The van der Waals surface area contributed by atoms with Crippen molar-refractivity contribution < 1.29 is 9.53 Å². The highest BCUT2D eigenvalue weighted by Crippen LogP contribution is 2.24. The highest BCUT2D eigenvalue weighted by molar-refractivity contribution is 7.12. The number of anilines is 1. The number of nitrogens with zero attached hydrogens (tertiary/aromatic N) is 4. The number of hydrogen-bond donors (Lipinski definition) is 1. The average molecular weight is 420 g/mol. The molecule has 0 bridgehead atoms. The van der Waals surface area contributed by atoms with Crippen molar-refractivity contribution in [3.05, 3.63) is 75.5 Å². The molecule has 0 radical (unpaired) electrons. The fraction of sp³-hybridized carbons (Fsp3) is 0.182. The van der Waals surface area contributed by atoms with E-state index in [4.69, 9.17) is 4.74 Å². The lowest BCUT2D eigenvalue weighted by Crippen LogP contribution is -2.09. The smallest absolute Gasteiger partial charge is 0.265 e. The Balaban J connectivity index is 1.52. The Morgan fingerprint density at radius 2 is 1.83 bits per heavy atom. The average Bonchev–Trinajstić information content (AvgIpc) is 3.34. The van der Waals surface area contributed by atoms with Crippen LogP contribution in [-0.4, -0.2) is 25.7 Å². The number of carbonyl (C=O) groups is 1. The molecule has 1 aromatic carbocycles. The second kappa shape index (κ2) is 8.08. The van der Waals surface area contributed by atoms with Crippen LogP contribution in [0.3, 0.4) is 0 Å². The van der Waals surface area contributed by atoms with Gasteiger partial charge in [-0.15, -0.1) is 11.3 Å². The number of hydrogen-bond acceptors (Lipinski definition) is 6. The molecule has 0 saturated carbocycles. The minimum absolute atomic E-state index is 0.130. The van der Waals surface area contributed by atoms with Crippen molar-refractivity contribution in [3.8, 4) is 17.4 Å². The zero-order chi connectivity index (χ0) is 21.3. The number of carbonyl (C=O) groups excluding carboxylic acids is 1. The van der Waals surface area contributed by atoms with E-state index in [9.17, 15) is 4.79 Å². The number of rotatable bonds is 5. The quantitative estimate of drug-likeness (QED) is 0.492. The zero-order valence-electron chi connectivity index (χ0n) is 17.1. The van der Waals surface area contributed by atoms with Crippen LogP contribution in [0.5, 0.6) is 11.6 Å². The number of aromatic nitrogens is 4. The van der Waals surface area contributed by atoms with Crippen molar-refractivity contribution >= 4 is 22.9 Å². The molecular weight excluding hydrogens is 398 g/mol. The molecule has 0 unspecified atom stereocenters. The predicted molar refractivity (Wildman–Crippen MR) is 117 cm³/mol. The van der Waals surface area contributed by atoms with Crippen LogP contribution < -0.4 is 10.1 Å². The van der Waals surface area contributed by atoms with Gasteiger partial charge < -0.3 is 10.1 Å². The minimum Gasteiger partial charge on any atom is -0.439 e. The van der Waals surface area contributed by atoms with Crippen LogP contribution in [0.2, 0.25) is 0 Å². The van der Waals surface area contributed by atoms with Crippen LogP contribution in [0.4, 0.5) is 5.69 Å². The molecule has 152 valence electrons. The van der Waals surface area contributed by atoms with E-state index in [0.717, 1.165) is 17.0 Å². The Labute approximate surface area is 178 Å². The highest BCUT2D eigenvalue weighted by Gasteiger charge is 2.13. The summed E-state index contributed by atoms with van der Waals surface area (Å²) in [7, 11) is 0. The zero-order valence-corrected chi connectivity index (χ0v) is 17.9. The number of aryl methyl sites for hydroxylation is 2. The first-order chi connectivity index (χ1) is 14.4. The fourth-order valence-electron chi connectivity index (χ4n) is 2.96. The molecule has 4 rings (SSSR count). The predicted octanol–water partition coefficient (Wildman–Crippen LogP) is 5.00. The van der Waals surface area contributed by atoms with Crippen molar-refractivity contribution in [2.45, 2.75) is 27.7 Å². The Morgan fingerprint density at radius 1 is 1.07 bits per heavy atom. The summed E-state index contributed by atoms with van der Waals surface area (Å²) in [6, 6.07) is 12.6. The molecule has 7 nitrogen and oxygen atoms in total. The molecule has 30 heavy (non-hydrogen) atoms. The molecule has 0 fully saturated rings. The topological polar surface area (TPSA) is 81.9 Å². The molecule has 0 saturated heterocycles. The fourth-order valence-corrected chi connectivity index (χ4v) is 3.58.